The van der Waals surface area contributed by atoms with E-state index in [0.29, 0.717) is 0 Å². The molecule has 1 aliphatic carbocycles. The Hall–Kier alpha value is -2.02. The average Bonchev–Trinajstić information content (AvgIpc) is 2.88. The van der Waals surface area contributed by atoms with Crippen LogP contribution in [0.2, 0.25) is 0 Å². The van der Waals surface area contributed by atoms with E-state index in [0.717, 1.165) is 12.2 Å². The van der Waals surface area contributed by atoms with Crippen LogP contribution < -0.4 is 4.74 Å². The van der Waals surface area contributed by atoms with E-state index >= 15 is 0 Å². The van der Waals surface area contributed by atoms with Crippen LogP contribution in [0.25, 0.3) is 17.2 Å². The van der Waals surface area contributed by atoms with E-state index in [4.69, 9.17) is 4.74 Å². The van der Waals surface area contributed by atoms with Gasteiger partial charge in [-0.25, -0.2) is 0 Å². The monoisotopic (exact) mass is 278 g/mol. The molecule has 108 valence electrons. The third kappa shape index (κ3) is 2.08. The maximum absolute atomic E-state index is 5.57. The molecule has 1 aliphatic rings. The maximum Gasteiger partial charge on any atom is 0.126 e. The molecule has 2 aromatic rings. The summed E-state index contributed by atoms with van der Waals surface area (Å²) in [5.41, 5.74) is 11.1. The Morgan fingerprint density at radius 1 is 0.905 bits per heavy atom. The Kier molecular flexibility index (Phi) is 3.36. The summed E-state index contributed by atoms with van der Waals surface area (Å²) in [5.74, 6) is 0.946. The van der Waals surface area contributed by atoms with Crippen LogP contribution in [0.5, 0.6) is 5.75 Å². The van der Waals surface area contributed by atoms with Gasteiger partial charge in [0.1, 0.15) is 5.75 Å². The third-order valence-corrected chi connectivity index (χ3v) is 4.72. The fourth-order valence-corrected chi connectivity index (χ4v) is 3.51. The molecular formula is C20H22O. The number of fused-ring (bicyclic) bond motifs is 1. The van der Waals surface area contributed by atoms with Gasteiger partial charge in [-0.1, -0.05) is 29.8 Å². The predicted molar refractivity (Wildman–Crippen MR) is 90.0 cm³/mol. The molecule has 1 nitrogen and oxygen atoms in total. The van der Waals surface area contributed by atoms with E-state index < -0.39 is 0 Å². The second-order valence-electron chi connectivity index (χ2n) is 6.01. The molecule has 0 bridgehead atoms. The Balaban J connectivity index is 2.34. The minimum Gasteiger partial charge on any atom is -0.496 e. The van der Waals surface area contributed by atoms with Crippen molar-refractivity contribution in [2.45, 2.75) is 34.1 Å². The number of benzene rings is 2. The summed E-state index contributed by atoms with van der Waals surface area (Å²) in [5, 5.41) is 0. The van der Waals surface area contributed by atoms with Gasteiger partial charge in [-0.2, -0.15) is 0 Å². The molecule has 2 aromatic carbocycles. The van der Waals surface area contributed by atoms with Crippen molar-refractivity contribution in [2.24, 2.45) is 0 Å². The van der Waals surface area contributed by atoms with Crippen LogP contribution in [-0.2, 0) is 6.42 Å². The van der Waals surface area contributed by atoms with E-state index in [-0.39, 0.29) is 0 Å². The maximum atomic E-state index is 5.57. The number of hydrogen-bond donors (Lipinski definition) is 0. The number of methoxy groups -OCH3 is 1. The molecule has 0 amide bonds. The van der Waals surface area contributed by atoms with Gasteiger partial charge >= 0.3 is 0 Å². The lowest BCUT2D eigenvalue weighted by Crippen LogP contribution is -2.01. The van der Waals surface area contributed by atoms with Crippen LogP contribution in [0.3, 0.4) is 0 Å². The van der Waals surface area contributed by atoms with Crippen molar-refractivity contribution < 1.29 is 4.74 Å². The minimum absolute atomic E-state index is 0.946. The number of allylic oxidation sites excluding steroid dienone is 1. The lowest BCUT2D eigenvalue weighted by Gasteiger charge is -2.20. The first-order valence-corrected chi connectivity index (χ1v) is 7.47. The van der Waals surface area contributed by atoms with E-state index in [9.17, 15) is 0 Å². The predicted octanol–water partition coefficient (Wildman–Crippen LogP) is 5.25. The number of para-hydroxylation sites is 1. The summed E-state index contributed by atoms with van der Waals surface area (Å²) in [6, 6.07) is 8.31. The van der Waals surface area contributed by atoms with Gasteiger partial charge in [0.05, 0.1) is 7.11 Å². The highest BCUT2D eigenvalue weighted by molar-refractivity contribution is 5.83. The highest BCUT2D eigenvalue weighted by Gasteiger charge is 2.22. The third-order valence-electron chi connectivity index (χ3n) is 4.72. The summed E-state index contributed by atoms with van der Waals surface area (Å²) in [4.78, 5) is 0. The van der Waals surface area contributed by atoms with E-state index in [1.807, 2.05) is 12.1 Å². The van der Waals surface area contributed by atoms with Gasteiger partial charge in [0.25, 0.3) is 0 Å². The summed E-state index contributed by atoms with van der Waals surface area (Å²) in [6.45, 7) is 8.94. The second-order valence-corrected chi connectivity index (χ2v) is 6.01. The Labute approximate surface area is 127 Å². The zero-order valence-electron chi connectivity index (χ0n) is 13.5. The van der Waals surface area contributed by atoms with Crippen molar-refractivity contribution in [1.29, 1.82) is 0 Å². The lowest BCUT2D eigenvalue weighted by molar-refractivity contribution is 0.416. The van der Waals surface area contributed by atoms with Gasteiger partial charge in [-0.3, -0.25) is 0 Å². The number of ether oxygens (including phenoxy) is 1. The molecular weight excluding hydrogens is 256 g/mol. The van der Waals surface area contributed by atoms with Gasteiger partial charge in [0, 0.05) is 5.56 Å². The Morgan fingerprint density at radius 3 is 2.33 bits per heavy atom. The van der Waals surface area contributed by atoms with Gasteiger partial charge in [-0.05, 0) is 73.6 Å². The van der Waals surface area contributed by atoms with Gasteiger partial charge in [0.2, 0.25) is 0 Å². The molecule has 0 saturated carbocycles. The van der Waals surface area contributed by atoms with Crippen LogP contribution in [0.4, 0.5) is 0 Å². The average molecular weight is 278 g/mol. The summed E-state index contributed by atoms with van der Waals surface area (Å²) >= 11 is 0. The fraction of sp³-hybridized carbons (Fsp3) is 0.300. The topological polar surface area (TPSA) is 9.23 Å². The van der Waals surface area contributed by atoms with Crippen molar-refractivity contribution in [3.8, 4) is 16.9 Å². The second kappa shape index (κ2) is 5.07. The molecule has 0 unspecified atom stereocenters. The SMILES string of the molecule is COc1ccccc1-c1c(C)c(C)c2c(c1C)C=C(C)C2. The van der Waals surface area contributed by atoms with E-state index in [2.05, 4.69) is 45.9 Å². The lowest BCUT2D eigenvalue weighted by atomic mass is 9.86. The molecule has 0 N–H and O–H groups in total. The fourth-order valence-electron chi connectivity index (χ4n) is 3.51. The molecule has 0 atom stereocenters. The van der Waals surface area contributed by atoms with E-state index in [1.54, 1.807) is 7.11 Å². The highest BCUT2D eigenvalue weighted by atomic mass is 16.5. The van der Waals surface area contributed by atoms with Gasteiger partial charge < -0.3 is 4.74 Å². The Morgan fingerprint density at radius 2 is 1.62 bits per heavy atom. The summed E-state index contributed by atoms with van der Waals surface area (Å²) in [7, 11) is 1.74. The van der Waals surface area contributed by atoms with Gasteiger partial charge in [0.15, 0.2) is 0 Å². The molecule has 0 radical (unpaired) electrons. The van der Waals surface area contributed by atoms with Crippen LogP contribution >= 0.6 is 0 Å². The molecule has 0 fully saturated rings. The quantitative estimate of drug-likeness (QED) is 0.729. The smallest absolute Gasteiger partial charge is 0.126 e. The van der Waals surface area contributed by atoms with Crippen molar-refractivity contribution in [3.63, 3.8) is 0 Å². The minimum atomic E-state index is 0.946. The molecule has 0 saturated heterocycles. The molecule has 3 rings (SSSR count). The highest BCUT2D eigenvalue weighted by Crippen LogP contribution is 2.42. The first kappa shape index (κ1) is 13.9. The molecule has 0 aromatic heterocycles. The summed E-state index contributed by atoms with van der Waals surface area (Å²) in [6.07, 6.45) is 3.44. The van der Waals surface area contributed by atoms with Crippen molar-refractivity contribution >= 4 is 6.08 Å². The van der Waals surface area contributed by atoms with Crippen LogP contribution in [-0.4, -0.2) is 7.11 Å². The largest absolute Gasteiger partial charge is 0.496 e. The zero-order valence-corrected chi connectivity index (χ0v) is 13.5. The van der Waals surface area contributed by atoms with Crippen LogP contribution in [0.1, 0.15) is 34.7 Å². The van der Waals surface area contributed by atoms with E-state index in [1.165, 1.54) is 44.5 Å². The van der Waals surface area contributed by atoms with Crippen molar-refractivity contribution in [2.75, 3.05) is 7.11 Å². The zero-order chi connectivity index (χ0) is 15.1. The standard InChI is InChI=1S/C20H22O/c1-12-10-17-13(2)14(3)20(15(4)18(17)11-12)16-8-6-7-9-19(16)21-5/h6-9,11H,10H2,1-5H3. The molecule has 0 aliphatic heterocycles. The number of rotatable bonds is 2. The first-order chi connectivity index (χ1) is 10.0. The first-order valence-electron chi connectivity index (χ1n) is 7.47. The molecule has 0 spiro atoms. The molecule has 0 heterocycles. The number of hydrogen-bond acceptors (Lipinski definition) is 1. The normalized spacial score (nSPS) is 13.1. The van der Waals surface area contributed by atoms with Crippen molar-refractivity contribution in [3.05, 3.63) is 57.7 Å². The van der Waals surface area contributed by atoms with Crippen LogP contribution in [0, 0.1) is 20.8 Å². The van der Waals surface area contributed by atoms with Crippen LogP contribution in [0.15, 0.2) is 29.8 Å². The summed E-state index contributed by atoms with van der Waals surface area (Å²) < 4.78 is 5.57. The molecule has 21 heavy (non-hydrogen) atoms. The van der Waals surface area contributed by atoms with Crippen molar-refractivity contribution in [1.82, 2.24) is 0 Å². The Bertz CT molecular complexity index is 751. The van der Waals surface area contributed by atoms with Gasteiger partial charge in [-0.15, -0.1) is 0 Å². The molecule has 1 heteroatoms.